The van der Waals surface area contributed by atoms with Gasteiger partial charge in [-0.3, -0.25) is 10.1 Å². The highest BCUT2D eigenvalue weighted by molar-refractivity contribution is 8.13. The molecule has 1 aromatic carbocycles. The lowest BCUT2D eigenvalue weighted by Gasteiger charge is -2.09. The second kappa shape index (κ2) is 5.02. The Balaban J connectivity index is 3.53. The predicted octanol–water partition coefficient (Wildman–Crippen LogP) is 2.43. The summed E-state index contributed by atoms with van der Waals surface area (Å²) in [6, 6.07) is 1.62. The van der Waals surface area contributed by atoms with Crippen molar-refractivity contribution < 1.29 is 26.9 Å². The molecular formula is C8H6ClF2NO5S. The van der Waals surface area contributed by atoms with Gasteiger partial charge in [0.25, 0.3) is 9.05 Å². The number of hydrogen-bond donors (Lipinski definition) is 0. The van der Waals surface area contributed by atoms with E-state index in [2.05, 4.69) is 4.74 Å². The molecule has 0 aliphatic rings. The summed E-state index contributed by atoms with van der Waals surface area (Å²) in [7, 11) is 0.849. The third-order valence-corrected chi connectivity index (χ3v) is 3.47. The van der Waals surface area contributed by atoms with Crippen molar-refractivity contribution in [2.45, 2.75) is 18.4 Å². The molecule has 1 rings (SSSR count). The molecule has 0 radical (unpaired) electrons. The minimum Gasteiger partial charge on any atom is -0.427 e. The van der Waals surface area contributed by atoms with Crippen molar-refractivity contribution >= 4 is 25.4 Å². The van der Waals surface area contributed by atoms with Gasteiger partial charge in [-0.05, 0) is 19.1 Å². The van der Waals surface area contributed by atoms with Crippen molar-refractivity contribution in [2.75, 3.05) is 0 Å². The third-order valence-electron chi connectivity index (χ3n) is 2.01. The van der Waals surface area contributed by atoms with Gasteiger partial charge in [-0.25, -0.2) is 8.42 Å². The summed E-state index contributed by atoms with van der Waals surface area (Å²) in [4.78, 5) is 9.20. The van der Waals surface area contributed by atoms with Crippen molar-refractivity contribution in [1.82, 2.24) is 0 Å². The van der Waals surface area contributed by atoms with Crippen LogP contribution in [0.3, 0.4) is 0 Å². The smallest absolute Gasteiger partial charge is 0.387 e. The normalized spacial score (nSPS) is 11.6. The molecule has 0 N–H and O–H groups in total. The monoisotopic (exact) mass is 301 g/mol. The van der Waals surface area contributed by atoms with Crippen LogP contribution in [0.2, 0.25) is 0 Å². The summed E-state index contributed by atoms with van der Waals surface area (Å²) in [5.74, 6) is -0.725. The first-order valence-corrected chi connectivity index (χ1v) is 6.63. The quantitative estimate of drug-likeness (QED) is 0.484. The Hall–Kier alpha value is -1.48. The summed E-state index contributed by atoms with van der Waals surface area (Å²) >= 11 is 0. The number of nitrogens with zero attached hydrogens (tertiary/aromatic N) is 1. The van der Waals surface area contributed by atoms with Gasteiger partial charge in [0.05, 0.1) is 15.4 Å². The van der Waals surface area contributed by atoms with Gasteiger partial charge in [0.15, 0.2) is 0 Å². The highest BCUT2D eigenvalue weighted by Crippen LogP contribution is 2.36. The number of ether oxygens (including phenoxy) is 1. The SMILES string of the molecule is Cc1c(S(=O)(=O)Cl)ccc(OC(F)F)c1[N+](=O)[O-]. The Labute approximate surface area is 105 Å². The highest BCUT2D eigenvalue weighted by Gasteiger charge is 2.27. The number of rotatable bonds is 4. The van der Waals surface area contributed by atoms with E-state index in [0.717, 1.165) is 19.1 Å². The maximum absolute atomic E-state index is 12.0. The van der Waals surface area contributed by atoms with E-state index in [1.165, 1.54) is 0 Å². The van der Waals surface area contributed by atoms with Crippen LogP contribution in [0.5, 0.6) is 5.75 Å². The van der Waals surface area contributed by atoms with E-state index in [0.29, 0.717) is 0 Å². The summed E-state index contributed by atoms with van der Waals surface area (Å²) in [5, 5.41) is 10.7. The van der Waals surface area contributed by atoms with Crippen molar-refractivity contribution in [1.29, 1.82) is 0 Å². The lowest BCUT2D eigenvalue weighted by atomic mass is 10.2. The minimum atomic E-state index is -4.21. The lowest BCUT2D eigenvalue weighted by Crippen LogP contribution is -2.07. The molecule has 0 unspecified atom stereocenters. The van der Waals surface area contributed by atoms with Crippen LogP contribution in [0.4, 0.5) is 14.5 Å². The molecule has 6 nitrogen and oxygen atoms in total. The van der Waals surface area contributed by atoms with E-state index < -0.39 is 36.9 Å². The summed E-state index contributed by atoms with van der Waals surface area (Å²) in [5.41, 5.74) is -1.23. The maximum Gasteiger partial charge on any atom is 0.387 e. The Morgan fingerprint density at radius 3 is 2.39 bits per heavy atom. The predicted molar refractivity (Wildman–Crippen MR) is 57.5 cm³/mol. The van der Waals surface area contributed by atoms with Crippen LogP contribution in [0, 0.1) is 17.0 Å². The fourth-order valence-electron chi connectivity index (χ4n) is 1.34. The van der Waals surface area contributed by atoms with E-state index >= 15 is 0 Å². The number of hydrogen-bond acceptors (Lipinski definition) is 5. The maximum atomic E-state index is 12.0. The van der Waals surface area contributed by atoms with Crippen LogP contribution in [0.25, 0.3) is 0 Å². The molecule has 0 saturated carbocycles. The van der Waals surface area contributed by atoms with Crippen LogP contribution in [-0.2, 0) is 9.05 Å². The highest BCUT2D eigenvalue weighted by atomic mass is 35.7. The topological polar surface area (TPSA) is 86.5 Å². The minimum absolute atomic E-state index is 0.367. The molecule has 18 heavy (non-hydrogen) atoms. The van der Waals surface area contributed by atoms with Crippen LogP contribution in [-0.4, -0.2) is 20.0 Å². The molecule has 0 spiro atoms. The van der Waals surface area contributed by atoms with Crippen molar-refractivity contribution in [3.05, 3.63) is 27.8 Å². The van der Waals surface area contributed by atoms with E-state index in [4.69, 9.17) is 10.7 Å². The zero-order chi connectivity index (χ0) is 14.1. The zero-order valence-electron chi connectivity index (χ0n) is 8.76. The molecule has 0 amide bonds. The number of benzene rings is 1. The van der Waals surface area contributed by atoms with Gasteiger partial charge in [0.2, 0.25) is 5.75 Å². The second-order valence-electron chi connectivity index (χ2n) is 3.11. The van der Waals surface area contributed by atoms with Gasteiger partial charge < -0.3 is 4.74 Å². The van der Waals surface area contributed by atoms with Crippen LogP contribution in [0.1, 0.15) is 5.56 Å². The molecule has 0 aromatic heterocycles. The average molecular weight is 302 g/mol. The fraction of sp³-hybridized carbons (Fsp3) is 0.250. The van der Waals surface area contributed by atoms with Crippen molar-refractivity contribution in [2.24, 2.45) is 0 Å². The molecule has 1 aromatic rings. The summed E-state index contributed by atoms with van der Waals surface area (Å²) in [6.45, 7) is -2.19. The van der Waals surface area contributed by atoms with E-state index in [1.54, 1.807) is 0 Å². The Morgan fingerprint density at radius 2 is 2.00 bits per heavy atom. The number of alkyl halides is 2. The molecule has 0 aliphatic carbocycles. The molecule has 0 heterocycles. The molecule has 10 heteroatoms. The molecule has 100 valence electrons. The molecular weight excluding hydrogens is 296 g/mol. The molecule has 0 aliphatic heterocycles. The summed E-state index contributed by atoms with van der Waals surface area (Å²) in [6.07, 6.45) is 0. The van der Waals surface area contributed by atoms with Crippen molar-refractivity contribution in [3.8, 4) is 5.75 Å². The fourth-order valence-corrected chi connectivity index (χ4v) is 2.53. The van der Waals surface area contributed by atoms with Gasteiger partial charge in [-0.15, -0.1) is 0 Å². The lowest BCUT2D eigenvalue weighted by molar-refractivity contribution is -0.387. The van der Waals surface area contributed by atoms with Gasteiger partial charge in [-0.1, -0.05) is 0 Å². The molecule has 0 saturated heterocycles. The van der Waals surface area contributed by atoms with Gasteiger partial charge in [-0.2, -0.15) is 8.78 Å². The Bertz CT molecular complexity index is 589. The first kappa shape index (κ1) is 14.6. The Kier molecular flexibility index (Phi) is 4.07. The van der Waals surface area contributed by atoms with Crippen LogP contribution >= 0.6 is 10.7 Å². The molecule has 0 bridgehead atoms. The van der Waals surface area contributed by atoms with Crippen molar-refractivity contribution in [3.63, 3.8) is 0 Å². The number of nitro groups is 1. The van der Waals surface area contributed by atoms with Crippen LogP contribution < -0.4 is 4.74 Å². The summed E-state index contributed by atoms with van der Waals surface area (Å²) < 4.78 is 50.3. The van der Waals surface area contributed by atoms with Crippen LogP contribution in [0.15, 0.2) is 17.0 Å². The standard InChI is InChI=1S/C8H6ClF2NO5S/c1-4-6(18(9,15)16)3-2-5(17-8(10)11)7(4)12(13)14/h2-3,8H,1H3. The zero-order valence-corrected chi connectivity index (χ0v) is 10.3. The first-order valence-electron chi connectivity index (χ1n) is 4.32. The largest absolute Gasteiger partial charge is 0.427 e. The first-order chi connectivity index (χ1) is 8.14. The average Bonchev–Trinajstić information content (AvgIpc) is 2.13. The van der Waals surface area contributed by atoms with Gasteiger partial charge >= 0.3 is 12.3 Å². The molecule has 0 atom stereocenters. The molecule has 0 fully saturated rings. The third kappa shape index (κ3) is 3.05. The number of halogens is 3. The van der Waals surface area contributed by atoms with Gasteiger partial charge in [0.1, 0.15) is 0 Å². The second-order valence-corrected chi connectivity index (χ2v) is 5.64. The van der Waals surface area contributed by atoms with E-state index in [1.807, 2.05) is 0 Å². The van der Waals surface area contributed by atoms with E-state index in [9.17, 15) is 27.3 Å². The van der Waals surface area contributed by atoms with E-state index in [-0.39, 0.29) is 5.56 Å². The van der Waals surface area contributed by atoms with Gasteiger partial charge in [0, 0.05) is 10.7 Å². The Morgan fingerprint density at radius 1 is 1.44 bits per heavy atom. The number of nitro benzene ring substituents is 1.